The molecule has 1 aromatic carbocycles. The van der Waals surface area contributed by atoms with Crippen LogP contribution in [-0.2, 0) is 13.2 Å². The second-order valence-corrected chi connectivity index (χ2v) is 5.57. The Labute approximate surface area is 124 Å². The van der Waals surface area contributed by atoms with E-state index in [0.29, 0.717) is 17.5 Å². The minimum absolute atomic E-state index is 0.497. The van der Waals surface area contributed by atoms with Gasteiger partial charge in [-0.2, -0.15) is 0 Å². The van der Waals surface area contributed by atoms with Crippen molar-refractivity contribution in [1.82, 2.24) is 5.32 Å². The number of nitrogens with one attached hydrogen (secondary N) is 1. The third kappa shape index (κ3) is 4.58. The second kappa shape index (κ2) is 7.36. The van der Waals surface area contributed by atoms with Gasteiger partial charge in [-0.1, -0.05) is 25.4 Å². The fourth-order valence-corrected chi connectivity index (χ4v) is 1.94. The normalized spacial score (nSPS) is 11.0. The first-order valence-electron chi connectivity index (χ1n) is 6.79. The fraction of sp³-hybridized carbons (Fsp3) is 0.375. The first kappa shape index (κ1) is 14.9. The lowest BCUT2D eigenvalue weighted by molar-refractivity contribution is 0.301. The summed E-state index contributed by atoms with van der Waals surface area (Å²) in [6.45, 7) is 6.55. The molecule has 3 nitrogen and oxygen atoms in total. The van der Waals surface area contributed by atoms with Crippen LogP contribution in [0.4, 0.5) is 0 Å². The third-order valence-electron chi connectivity index (χ3n) is 2.88. The Bertz CT molecular complexity index is 520. The van der Waals surface area contributed by atoms with E-state index in [1.54, 1.807) is 6.26 Å². The lowest BCUT2D eigenvalue weighted by Crippen LogP contribution is -2.19. The summed E-state index contributed by atoms with van der Waals surface area (Å²) >= 11 is 5.84. The van der Waals surface area contributed by atoms with Crippen LogP contribution in [0.3, 0.4) is 0 Å². The summed E-state index contributed by atoms with van der Waals surface area (Å²) in [6.07, 6.45) is 1.70. The minimum Gasteiger partial charge on any atom is -0.489 e. The molecule has 1 heterocycles. The van der Waals surface area contributed by atoms with Gasteiger partial charge in [-0.15, -0.1) is 0 Å². The molecule has 108 valence electrons. The van der Waals surface area contributed by atoms with Crippen LogP contribution < -0.4 is 10.1 Å². The fourth-order valence-electron chi connectivity index (χ4n) is 1.82. The molecule has 0 aliphatic carbocycles. The van der Waals surface area contributed by atoms with E-state index >= 15 is 0 Å². The molecule has 4 heteroatoms. The van der Waals surface area contributed by atoms with Crippen LogP contribution in [0, 0.1) is 5.92 Å². The highest BCUT2D eigenvalue weighted by Crippen LogP contribution is 2.18. The van der Waals surface area contributed by atoms with Crippen LogP contribution >= 0.6 is 11.6 Å². The Balaban J connectivity index is 1.86. The van der Waals surface area contributed by atoms with Gasteiger partial charge >= 0.3 is 0 Å². The molecule has 1 aromatic heterocycles. The maximum atomic E-state index is 5.84. The van der Waals surface area contributed by atoms with E-state index in [2.05, 4.69) is 19.2 Å². The quantitative estimate of drug-likeness (QED) is 0.828. The van der Waals surface area contributed by atoms with Gasteiger partial charge in [0.15, 0.2) is 0 Å². The summed E-state index contributed by atoms with van der Waals surface area (Å²) in [5.41, 5.74) is 1.07. The molecule has 0 radical (unpaired) electrons. The standard InChI is InChI=1S/C16H20ClNO2/c1-12(2)9-18-10-16-13(7-8-19-16)11-20-15-5-3-14(17)4-6-15/h3-8,12,18H,9-11H2,1-2H3. The monoisotopic (exact) mass is 293 g/mol. The van der Waals surface area contributed by atoms with Crippen molar-refractivity contribution < 1.29 is 9.15 Å². The molecule has 0 aliphatic heterocycles. The van der Waals surface area contributed by atoms with Gasteiger partial charge in [0.05, 0.1) is 12.8 Å². The smallest absolute Gasteiger partial charge is 0.124 e. The van der Waals surface area contributed by atoms with Crippen LogP contribution in [-0.4, -0.2) is 6.54 Å². The molecule has 0 spiro atoms. The molecule has 0 unspecified atom stereocenters. The highest BCUT2D eigenvalue weighted by molar-refractivity contribution is 6.30. The summed E-state index contributed by atoms with van der Waals surface area (Å²) in [7, 11) is 0. The Morgan fingerprint density at radius 2 is 1.95 bits per heavy atom. The molecule has 0 saturated heterocycles. The summed E-state index contributed by atoms with van der Waals surface area (Å²) < 4.78 is 11.2. The van der Waals surface area contributed by atoms with Crippen molar-refractivity contribution in [1.29, 1.82) is 0 Å². The van der Waals surface area contributed by atoms with Gasteiger partial charge in [-0.25, -0.2) is 0 Å². The Morgan fingerprint density at radius 1 is 1.20 bits per heavy atom. The predicted molar refractivity (Wildman–Crippen MR) is 81.0 cm³/mol. The molecule has 0 saturated carbocycles. The van der Waals surface area contributed by atoms with Gasteiger partial charge in [-0.3, -0.25) is 0 Å². The first-order valence-corrected chi connectivity index (χ1v) is 7.17. The van der Waals surface area contributed by atoms with E-state index in [1.165, 1.54) is 0 Å². The lowest BCUT2D eigenvalue weighted by Gasteiger charge is -2.08. The number of halogens is 1. The van der Waals surface area contributed by atoms with Crippen molar-refractivity contribution in [3.05, 3.63) is 52.9 Å². The number of benzene rings is 1. The molecule has 0 bridgehead atoms. The number of furan rings is 1. The average Bonchev–Trinajstić information content (AvgIpc) is 2.85. The second-order valence-electron chi connectivity index (χ2n) is 5.14. The van der Waals surface area contributed by atoms with Crippen molar-refractivity contribution in [2.45, 2.75) is 27.0 Å². The van der Waals surface area contributed by atoms with Crippen LogP contribution in [0.1, 0.15) is 25.2 Å². The zero-order chi connectivity index (χ0) is 14.4. The maximum absolute atomic E-state index is 5.84. The van der Waals surface area contributed by atoms with E-state index in [4.69, 9.17) is 20.8 Å². The zero-order valence-electron chi connectivity index (χ0n) is 11.9. The van der Waals surface area contributed by atoms with Crippen LogP contribution in [0.5, 0.6) is 5.75 Å². The van der Waals surface area contributed by atoms with Crippen molar-refractivity contribution in [2.24, 2.45) is 5.92 Å². The van der Waals surface area contributed by atoms with Crippen LogP contribution in [0.2, 0.25) is 5.02 Å². The van der Waals surface area contributed by atoms with Crippen molar-refractivity contribution >= 4 is 11.6 Å². The van der Waals surface area contributed by atoms with Crippen molar-refractivity contribution in [2.75, 3.05) is 6.54 Å². The average molecular weight is 294 g/mol. The molecule has 0 fully saturated rings. The van der Waals surface area contributed by atoms with Gasteiger partial charge < -0.3 is 14.5 Å². The van der Waals surface area contributed by atoms with Gasteiger partial charge in [0.25, 0.3) is 0 Å². The minimum atomic E-state index is 0.497. The molecular formula is C16H20ClNO2. The third-order valence-corrected chi connectivity index (χ3v) is 3.14. The molecule has 20 heavy (non-hydrogen) atoms. The van der Waals surface area contributed by atoms with Crippen molar-refractivity contribution in [3.8, 4) is 5.75 Å². The first-order chi connectivity index (χ1) is 9.65. The Kier molecular flexibility index (Phi) is 5.50. The van der Waals surface area contributed by atoms with Gasteiger partial charge in [0.1, 0.15) is 18.1 Å². The highest BCUT2D eigenvalue weighted by Gasteiger charge is 2.07. The number of hydrogen-bond donors (Lipinski definition) is 1. The van der Waals surface area contributed by atoms with Gasteiger partial charge in [0.2, 0.25) is 0 Å². The molecule has 0 amide bonds. The molecule has 0 aliphatic rings. The summed E-state index contributed by atoms with van der Waals surface area (Å²) in [5, 5.41) is 4.07. The van der Waals surface area contributed by atoms with Crippen molar-refractivity contribution in [3.63, 3.8) is 0 Å². The molecule has 0 atom stereocenters. The number of ether oxygens (including phenoxy) is 1. The largest absolute Gasteiger partial charge is 0.489 e. The van der Waals surface area contributed by atoms with E-state index in [0.717, 1.165) is 30.2 Å². The summed E-state index contributed by atoms with van der Waals surface area (Å²) in [6, 6.07) is 9.30. The van der Waals surface area contributed by atoms with Gasteiger partial charge in [-0.05, 0) is 42.8 Å². The number of hydrogen-bond acceptors (Lipinski definition) is 3. The SMILES string of the molecule is CC(C)CNCc1occc1COc1ccc(Cl)cc1. The van der Waals surface area contributed by atoms with E-state index in [9.17, 15) is 0 Å². The number of rotatable bonds is 7. The van der Waals surface area contributed by atoms with Crippen LogP contribution in [0.15, 0.2) is 41.0 Å². The Hall–Kier alpha value is -1.45. The topological polar surface area (TPSA) is 34.4 Å². The predicted octanol–water partition coefficient (Wildman–Crippen LogP) is 4.26. The van der Waals surface area contributed by atoms with E-state index < -0.39 is 0 Å². The molecular weight excluding hydrogens is 274 g/mol. The zero-order valence-corrected chi connectivity index (χ0v) is 12.6. The Morgan fingerprint density at radius 3 is 2.65 bits per heavy atom. The van der Waals surface area contributed by atoms with E-state index in [1.807, 2.05) is 30.3 Å². The molecule has 2 aromatic rings. The summed E-state index contributed by atoms with van der Waals surface area (Å²) in [4.78, 5) is 0. The van der Waals surface area contributed by atoms with Gasteiger partial charge in [0, 0.05) is 10.6 Å². The van der Waals surface area contributed by atoms with E-state index in [-0.39, 0.29) is 0 Å². The van der Waals surface area contributed by atoms with Crippen LogP contribution in [0.25, 0.3) is 0 Å². The molecule has 2 rings (SSSR count). The maximum Gasteiger partial charge on any atom is 0.124 e. The lowest BCUT2D eigenvalue weighted by atomic mass is 10.2. The highest BCUT2D eigenvalue weighted by atomic mass is 35.5. The summed E-state index contributed by atoms with van der Waals surface area (Å²) in [5.74, 6) is 2.36. The molecule has 1 N–H and O–H groups in total.